The molecule has 4 nitrogen and oxygen atoms in total. The average Bonchev–Trinajstić information content (AvgIpc) is 2.53. The Morgan fingerprint density at radius 2 is 2.00 bits per heavy atom. The maximum atomic E-state index is 12.2. The summed E-state index contributed by atoms with van der Waals surface area (Å²) in [4.78, 5) is 16.5. The molecule has 0 aliphatic carbocycles. The Labute approximate surface area is 138 Å². The van der Waals surface area contributed by atoms with E-state index in [-0.39, 0.29) is 5.91 Å². The fourth-order valence-corrected chi connectivity index (χ4v) is 2.88. The maximum absolute atomic E-state index is 12.2. The molecule has 1 aliphatic rings. The van der Waals surface area contributed by atoms with Crippen molar-refractivity contribution in [1.29, 1.82) is 0 Å². The van der Waals surface area contributed by atoms with E-state index in [9.17, 15) is 4.79 Å². The Morgan fingerprint density at radius 3 is 2.64 bits per heavy atom. The van der Waals surface area contributed by atoms with Gasteiger partial charge in [-0.05, 0) is 43.7 Å². The Balaban J connectivity index is 1.67. The molecule has 22 heavy (non-hydrogen) atoms. The fourth-order valence-electron chi connectivity index (χ4n) is 2.65. The first-order valence-electron chi connectivity index (χ1n) is 7.99. The van der Waals surface area contributed by atoms with Crippen LogP contribution in [0.1, 0.15) is 25.3 Å². The van der Waals surface area contributed by atoms with Crippen molar-refractivity contribution in [2.75, 3.05) is 39.3 Å². The van der Waals surface area contributed by atoms with E-state index >= 15 is 0 Å². The number of ether oxygens (including phenoxy) is 1. The molecule has 0 atom stereocenters. The van der Waals surface area contributed by atoms with Crippen molar-refractivity contribution < 1.29 is 9.53 Å². The van der Waals surface area contributed by atoms with Gasteiger partial charge in [0.2, 0.25) is 5.91 Å². The largest absolute Gasteiger partial charge is 0.493 e. The number of benzene rings is 1. The lowest BCUT2D eigenvalue weighted by molar-refractivity contribution is -0.133. The highest BCUT2D eigenvalue weighted by atomic mass is 35.5. The summed E-state index contributed by atoms with van der Waals surface area (Å²) in [5.74, 6) is 1.08. The van der Waals surface area contributed by atoms with E-state index in [1.807, 2.05) is 30.0 Å². The highest BCUT2D eigenvalue weighted by Gasteiger charge is 2.19. The van der Waals surface area contributed by atoms with Crippen LogP contribution >= 0.6 is 11.6 Å². The molecular weight excluding hydrogens is 300 g/mol. The fraction of sp³-hybridized carbons (Fsp3) is 0.588. The second-order valence-corrected chi connectivity index (χ2v) is 6.11. The van der Waals surface area contributed by atoms with E-state index in [0.717, 1.165) is 50.5 Å². The molecule has 1 aromatic carbocycles. The number of carbonyl (C=O) groups is 1. The van der Waals surface area contributed by atoms with Crippen molar-refractivity contribution >= 4 is 17.5 Å². The molecule has 0 bridgehead atoms. The zero-order valence-electron chi connectivity index (χ0n) is 13.5. The van der Waals surface area contributed by atoms with Crippen molar-refractivity contribution in [3.05, 3.63) is 28.8 Å². The van der Waals surface area contributed by atoms with Crippen LogP contribution in [0.3, 0.4) is 0 Å². The molecule has 1 aliphatic heterocycles. The summed E-state index contributed by atoms with van der Waals surface area (Å²) in [7, 11) is 0. The number of halogens is 1. The first kappa shape index (κ1) is 17.1. The Hall–Kier alpha value is -1.26. The molecule has 0 N–H and O–H groups in total. The van der Waals surface area contributed by atoms with Gasteiger partial charge >= 0.3 is 0 Å². The lowest BCUT2D eigenvalue weighted by Crippen LogP contribution is -2.48. The molecule has 1 saturated heterocycles. The number of aryl methyl sites for hydroxylation is 1. The predicted molar refractivity (Wildman–Crippen MR) is 89.6 cm³/mol. The van der Waals surface area contributed by atoms with Gasteiger partial charge in [0.15, 0.2) is 0 Å². The van der Waals surface area contributed by atoms with Gasteiger partial charge in [0.25, 0.3) is 0 Å². The second-order valence-electron chi connectivity index (χ2n) is 5.68. The summed E-state index contributed by atoms with van der Waals surface area (Å²) in [5, 5.41) is 0.714. The van der Waals surface area contributed by atoms with Gasteiger partial charge in [-0.2, -0.15) is 0 Å². The number of amides is 1. The van der Waals surface area contributed by atoms with Crippen LogP contribution in [-0.4, -0.2) is 55.0 Å². The van der Waals surface area contributed by atoms with Gasteiger partial charge in [-0.15, -0.1) is 0 Å². The number of hydrogen-bond donors (Lipinski definition) is 0. The summed E-state index contributed by atoms with van der Waals surface area (Å²) < 4.78 is 5.73. The molecule has 1 heterocycles. The molecule has 0 radical (unpaired) electrons. The molecule has 0 spiro atoms. The van der Waals surface area contributed by atoms with Gasteiger partial charge in [0.05, 0.1) is 6.61 Å². The monoisotopic (exact) mass is 324 g/mol. The minimum Gasteiger partial charge on any atom is -0.493 e. The third-order valence-electron chi connectivity index (χ3n) is 4.10. The summed E-state index contributed by atoms with van der Waals surface area (Å²) in [6.07, 6.45) is 1.30. The number of piperazine rings is 1. The normalized spacial score (nSPS) is 15.9. The van der Waals surface area contributed by atoms with Crippen LogP contribution < -0.4 is 4.74 Å². The first-order chi connectivity index (χ1) is 10.6. The molecular formula is C17H25ClN2O2. The minimum absolute atomic E-state index is 0.243. The smallest absolute Gasteiger partial charge is 0.222 e. The summed E-state index contributed by atoms with van der Waals surface area (Å²) in [6.45, 7) is 9.44. The van der Waals surface area contributed by atoms with Crippen molar-refractivity contribution in [3.8, 4) is 5.75 Å². The quantitative estimate of drug-likeness (QED) is 0.754. The van der Waals surface area contributed by atoms with E-state index in [1.165, 1.54) is 0 Å². The zero-order valence-corrected chi connectivity index (χ0v) is 14.2. The van der Waals surface area contributed by atoms with Gasteiger partial charge in [-0.3, -0.25) is 4.79 Å². The standard InChI is InChI=1S/C17H25ClN2O2/c1-3-19-8-10-20(11-9-19)17(21)5-4-12-22-16-7-6-15(18)13-14(16)2/h6-7,13H,3-5,8-12H2,1-2H3. The van der Waals surface area contributed by atoms with Crippen LogP contribution in [0, 0.1) is 6.92 Å². The molecule has 0 unspecified atom stereocenters. The Bertz CT molecular complexity index is 499. The van der Waals surface area contributed by atoms with Crippen molar-refractivity contribution in [3.63, 3.8) is 0 Å². The lowest BCUT2D eigenvalue weighted by atomic mass is 10.2. The van der Waals surface area contributed by atoms with E-state index in [4.69, 9.17) is 16.3 Å². The molecule has 122 valence electrons. The number of nitrogens with zero attached hydrogens (tertiary/aromatic N) is 2. The Kier molecular flexibility index (Phi) is 6.52. The number of rotatable bonds is 6. The number of hydrogen-bond acceptors (Lipinski definition) is 3. The molecule has 1 amide bonds. The second kappa shape index (κ2) is 8.39. The van der Waals surface area contributed by atoms with E-state index in [1.54, 1.807) is 0 Å². The summed E-state index contributed by atoms with van der Waals surface area (Å²) >= 11 is 5.92. The predicted octanol–water partition coefficient (Wildman–Crippen LogP) is 2.97. The van der Waals surface area contributed by atoms with Crippen LogP contribution in [0.2, 0.25) is 5.02 Å². The minimum atomic E-state index is 0.243. The van der Waals surface area contributed by atoms with Gasteiger partial charge < -0.3 is 14.5 Å². The number of carbonyl (C=O) groups excluding carboxylic acids is 1. The van der Waals surface area contributed by atoms with Crippen molar-refractivity contribution in [2.24, 2.45) is 0 Å². The van der Waals surface area contributed by atoms with Gasteiger partial charge in [0.1, 0.15) is 5.75 Å². The highest BCUT2D eigenvalue weighted by Crippen LogP contribution is 2.22. The molecule has 5 heteroatoms. The Morgan fingerprint density at radius 1 is 1.27 bits per heavy atom. The van der Waals surface area contributed by atoms with E-state index < -0.39 is 0 Å². The van der Waals surface area contributed by atoms with E-state index in [2.05, 4.69) is 11.8 Å². The molecule has 1 aromatic rings. The number of likely N-dealkylation sites (N-methyl/N-ethyl adjacent to an activating group) is 1. The third kappa shape index (κ3) is 4.89. The van der Waals surface area contributed by atoms with Crippen molar-refractivity contribution in [2.45, 2.75) is 26.7 Å². The van der Waals surface area contributed by atoms with Gasteiger partial charge in [-0.25, -0.2) is 0 Å². The molecule has 1 fully saturated rings. The van der Waals surface area contributed by atoms with Crippen LogP contribution in [0.25, 0.3) is 0 Å². The van der Waals surface area contributed by atoms with E-state index in [0.29, 0.717) is 18.1 Å². The van der Waals surface area contributed by atoms with Crippen LogP contribution in [0.4, 0.5) is 0 Å². The first-order valence-corrected chi connectivity index (χ1v) is 8.37. The lowest BCUT2D eigenvalue weighted by Gasteiger charge is -2.34. The van der Waals surface area contributed by atoms with Gasteiger partial charge in [0, 0.05) is 37.6 Å². The average molecular weight is 325 g/mol. The third-order valence-corrected chi connectivity index (χ3v) is 4.34. The summed E-state index contributed by atoms with van der Waals surface area (Å²) in [5.41, 5.74) is 1.02. The zero-order chi connectivity index (χ0) is 15.9. The maximum Gasteiger partial charge on any atom is 0.222 e. The van der Waals surface area contributed by atoms with Crippen LogP contribution in [0.15, 0.2) is 18.2 Å². The van der Waals surface area contributed by atoms with Gasteiger partial charge in [-0.1, -0.05) is 18.5 Å². The highest BCUT2D eigenvalue weighted by molar-refractivity contribution is 6.30. The topological polar surface area (TPSA) is 32.8 Å². The molecule has 0 saturated carbocycles. The van der Waals surface area contributed by atoms with Crippen LogP contribution in [0.5, 0.6) is 5.75 Å². The van der Waals surface area contributed by atoms with Crippen molar-refractivity contribution in [1.82, 2.24) is 9.80 Å². The molecule has 0 aromatic heterocycles. The van der Waals surface area contributed by atoms with Crippen LogP contribution in [-0.2, 0) is 4.79 Å². The SMILES string of the molecule is CCN1CCN(C(=O)CCCOc2ccc(Cl)cc2C)CC1. The molecule has 2 rings (SSSR count). The summed E-state index contributed by atoms with van der Waals surface area (Å²) in [6, 6.07) is 5.58.